The number of rotatable bonds is 3. The monoisotopic (exact) mass is 328 g/mol. The van der Waals surface area contributed by atoms with Gasteiger partial charge in [0.2, 0.25) is 20.0 Å². The standard InChI is InChI=1S/C10H14F2N2O4S2/c1-10(2,3)20(17,18)14-9-7(11)4-6(5-8(9)12)19(13,15)16/h4-5,14H,1-3H3,(H2,13,15,16). The van der Waals surface area contributed by atoms with E-state index in [4.69, 9.17) is 5.14 Å². The van der Waals surface area contributed by atoms with E-state index in [1.165, 1.54) is 20.8 Å². The summed E-state index contributed by atoms with van der Waals surface area (Å²) in [5.74, 6) is -2.75. The fourth-order valence-corrected chi connectivity index (χ4v) is 2.40. The molecule has 0 aliphatic carbocycles. The second kappa shape index (κ2) is 4.93. The fourth-order valence-electron chi connectivity index (χ4n) is 1.10. The predicted molar refractivity (Wildman–Crippen MR) is 70.0 cm³/mol. The van der Waals surface area contributed by atoms with Crippen LogP contribution in [0.5, 0.6) is 0 Å². The summed E-state index contributed by atoms with van der Waals surface area (Å²) in [5.41, 5.74) is -0.952. The summed E-state index contributed by atoms with van der Waals surface area (Å²) in [5, 5.41) is 4.74. The van der Waals surface area contributed by atoms with Crippen LogP contribution in [0.3, 0.4) is 0 Å². The fraction of sp³-hybridized carbons (Fsp3) is 0.400. The van der Waals surface area contributed by atoms with Crippen LogP contribution in [-0.2, 0) is 20.0 Å². The molecule has 1 aromatic rings. The molecule has 0 unspecified atom stereocenters. The molecule has 20 heavy (non-hydrogen) atoms. The molecule has 3 N–H and O–H groups in total. The first-order valence-electron chi connectivity index (χ1n) is 5.30. The third-order valence-corrected chi connectivity index (χ3v) is 5.36. The van der Waals surface area contributed by atoms with Gasteiger partial charge in [0.05, 0.1) is 9.64 Å². The van der Waals surface area contributed by atoms with Gasteiger partial charge in [-0.2, -0.15) is 0 Å². The molecule has 1 rings (SSSR count). The summed E-state index contributed by atoms with van der Waals surface area (Å²) in [4.78, 5) is -0.786. The van der Waals surface area contributed by atoms with E-state index in [1.54, 1.807) is 4.72 Å². The molecule has 0 atom stereocenters. The Morgan fingerprint density at radius 2 is 1.45 bits per heavy atom. The van der Waals surface area contributed by atoms with E-state index in [9.17, 15) is 25.6 Å². The SMILES string of the molecule is CC(C)(C)S(=O)(=O)Nc1c(F)cc(S(N)(=O)=O)cc1F. The van der Waals surface area contributed by atoms with E-state index in [0.29, 0.717) is 12.1 Å². The zero-order valence-electron chi connectivity index (χ0n) is 10.9. The van der Waals surface area contributed by atoms with Crippen molar-refractivity contribution < 1.29 is 25.6 Å². The second-order valence-electron chi connectivity index (χ2n) is 5.02. The predicted octanol–water partition coefficient (Wildman–Crippen LogP) is 1.15. The molecule has 1 aromatic carbocycles. The number of nitrogens with two attached hydrogens (primary N) is 1. The molecule has 0 aliphatic rings. The number of halogens is 2. The van der Waals surface area contributed by atoms with E-state index >= 15 is 0 Å². The lowest BCUT2D eigenvalue weighted by Gasteiger charge is -2.21. The van der Waals surface area contributed by atoms with Crippen molar-refractivity contribution in [3.8, 4) is 0 Å². The highest BCUT2D eigenvalue weighted by Gasteiger charge is 2.31. The van der Waals surface area contributed by atoms with Crippen molar-refractivity contribution >= 4 is 25.7 Å². The van der Waals surface area contributed by atoms with Crippen molar-refractivity contribution in [3.63, 3.8) is 0 Å². The number of nitrogens with one attached hydrogen (secondary N) is 1. The lowest BCUT2D eigenvalue weighted by Crippen LogP contribution is -2.34. The van der Waals surface area contributed by atoms with E-state index < -0.39 is 47.0 Å². The average molecular weight is 328 g/mol. The molecule has 0 radical (unpaired) electrons. The van der Waals surface area contributed by atoms with Gasteiger partial charge in [0.25, 0.3) is 0 Å². The highest BCUT2D eigenvalue weighted by molar-refractivity contribution is 7.94. The van der Waals surface area contributed by atoms with Gasteiger partial charge in [-0.3, -0.25) is 4.72 Å². The molecule has 0 fully saturated rings. The van der Waals surface area contributed by atoms with E-state index in [-0.39, 0.29) is 0 Å². The number of anilines is 1. The molecule has 0 saturated heterocycles. The summed E-state index contributed by atoms with van der Waals surface area (Å²) < 4.78 is 73.4. The van der Waals surface area contributed by atoms with Crippen molar-refractivity contribution in [3.05, 3.63) is 23.8 Å². The Hall–Kier alpha value is -1.26. The third kappa shape index (κ3) is 3.44. The molecule has 10 heteroatoms. The van der Waals surface area contributed by atoms with Crippen molar-refractivity contribution in [1.29, 1.82) is 0 Å². The van der Waals surface area contributed by atoms with Gasteiger partial charge in [-0.1, -0.05) is 0 Å². The maximum atomic E-state index is 13.7. The normalized spacial score (nSPS) is 13.3. The first-order chi connectivity index (χ1) is 8.75. The highest BCUT2D eigenvalue weighted by atomic mass is 32.2. The van der Waals surface area contributed by atoms with Crippen LogP contribution in [0.15, 0.2) is 17.0 Å². The number of benzene rings is 1. The zero-order chi connectivity index (χ0) is 15.9. The number of sulfonamides is 2. The molecule has 0 amide bonds. The molecule has 0 spiro atoms. The summed E-state index contributed by atoms with van der Waals surface area (Å²) in [6, 6.07) is 0.887. The first kappa shape index (κ1) is 16.8. The first-order valence-corrected chi connectivity index (χ1v) is 8.33. The van der Waals surface area contributed by atoms with Gasteiger partial charge in [-0.15, -0.1) is 0 Å². The van der Waals surface area contributed by atoms with Crippen molar-refractivity contribution in [1.82, 2.24) is 0 Å². The average Bonchev–Trinajstić information content (AvgIpc) is 2.20. The van der Waals surface area contributed by atoms with Gasteiger partial charge in [0, 0.05) is 0 Å². The topological polar surface area (TPSA) is 106 Å². The minimum atomic E-state index is -4.29. The Balaban J connectivity index is 3.38. The summed E-state index contributed by atoms with van der Waals surface area (Å²) in [6.45, 7) is 4.01. The Bertz CT molecular complexity index is 714. The van der Waals surface area contributed by atoms with Crippen LogP contribution in [0.4, 0.5) is 14.5 Å². The van der Waals surface area contributed by atoms with Gasteiger partial charge in [0.15, 0.2) is 11.6 Å². The summed E-state index contributed by atoms with van der Waals surface area (Å²) >= 11 is 0. The van der Waals surface area contributed by atoms with Crippen LogP contribution < -0.4 is 9.86 Å². The van der Waals surface area contributed by atoms with E-state index in [0.717, 1.165) is 0 Å². The molecule has 6 nitrogen and oxygen atoms in total. The Labute approximate surface area is 116 Å². The lowest BCUT2D eigenvalue weighted by atomic mass is 10.3. The van der Waals surface area contributed by atoms with Crippen LogP contribution in [0, 0.1) is 11.6 Å². The molecule has 0 aliphatic heterocycles. The zero-order valence-corrected chi connectivity index (χ0v) is 12.6. The smallest absolute Gasteiger partial charge is 0.238 e. The Morgan fingerprint density at radius 1 is 1.05 bits per heavy atom. The lowest BCUT2D eigenvalue weighted by molar-refractivity contribution is 0.558. The highest BCUT2D eigenvalue weighted by Crippen LogP contribution is 2.26. The number of primary sulfonamides is 1. The maximum absolute atomic E-state index is 13.7. The summed E-state index contributed by atoms with van der Waals surface area (Å²) in [7, 11) is -8.35. The van der Waals surface area contributed by atoms with Crippen molar-refractivity contribution in [2.75, 3.05) is 4.72 Å². The van der Waals surface area contributed by atoms with Gasteiger partial charge in [0.1, 0.15) is 5.69 Å². The molecule has 0 saturated carbocycles. The molecule has 0 heterocycles. The van der Waals surface area contributed by atoms with E-state index in [2.05, 4.69) is 0 Å². The van der Waals surface area contributed by atoms with Gasteiger partial charge in [-0.25, -0.2) is 30.8 Å². The van der Waals surface area contributed by atoms with Crippen LogP contribution >= 0.6 is 0 Å². The summed E-state index contributed by atoms with van der Waals surface area (Å²) in [6.07, 6.45) is 0. The maximum Gasteiger partial charge on any atom is 0.238 e. The molecular formula is C10H14F2N2O4S2. The third-order valence-electron chi connectivity index (χ3n) is 2.39. The van der Waals surface area contributed by atoms with Crippen LogP contribution in [0.1, 0.15) is 20.8 Å². The van der Waals surface area contributed by atoms with Crippen LogP contribution in [-0.4, -0.2) is 21.6 Å². The largest absolute Gasteiger partial charge is 0.277 e. The minimum absolute atomic E-state index is 0.443. The number of hydrogen-bond donors (Lipinski definition) is 2. The van der Waals surface area contributed by atoms with Crippen molar-refractivity contribution in [2.24, 2.45) is 5.14 Å². The van der Waals surface area contributed by atoms with Crippen LogP contribution in [0.25, 0.3) is 0 Å². The number of hydrogen-bond acceptors (Lipinski definition) is 4. The Kier molecular flexibility index (Phi) is 4.14. The molecule has 0 aromatic heterocycles. The molecule has 114 valence electrons. The quantitative estimate of drug-likeness (QED) is 0.868. The van der Waals surface area contributed by atoms with Crippen molar-refractivity contribution in [2.45, 2.75) is 30.4 Å². The minimum Gasteiger partial charge on any atom is -0.277 e. The van der Waals surface area contributed by atoms with E-state index in [1.807, 2.05) is 0 Å². The Morgan fingerprint density at radius 3 is 1.75 bits per heavy atom. The molecular weight excluding hydrogens is 314 g/mol. The van der Waals surface area contributed by atoms with Gasteiger partial charge >= 0.3 is 0 Å². The van der Waals surface area contributed by atoms with Gasteiger partial charge in [-0.05, 0) is 32.9 Å². The van der Waals surface area contributed by atoms with Gasteiger partial charge < -0.3 is 0 Å². The van der Waals surface area contributed by atoms with Crippen LogP contribution in [0.2, 0.25) is 0 Å². The molecule has 0 bridgehead atoms. The second-order valence-corrected chi connectivity index (χ2v) is 9.02.